The molecule has 1 aliphatic heterocycles. The van der Waals surface area contributed by atoms with Crippen LogP contribution >= 0.6 is 0 Å². The number of benzene rings is 2. The summed E-state index contributed by atoms with van der Waals surface area (Å²) in [6, 6.07) is 13.8. The number of nitrogens with zero attached hydrogens (tertiary/aromatic N) is 2. The molecule has 2 N–H and O–H groups in total. The molecule has 162 valence electrons. The zero-order chi connectivity index (χ0) is 22.0. The molecule has 2 aromatic carbocycles. The standard InChI is InChI=1S/C24H27FN4O2/c1-15-13-29(14-16(2)31-15)23-10-9-18(12-20(23)25)27-17(3)24(30)28-22-8-4-7-21-19(22)6-5-11-26-21/h4-12,15-17,27H,13-14H2,1-3H3,(H,28,30)/t15-,16-,17+/m1/s1. The number of nitrogens with one attached hydrogen (secondary N) is 2. The van der Waals surface area contributed by atoms with Crippen molar-refractivity contribution in [2.45, 2.75) is 39.0 Å². The Morgan fingerprint density at radius 2 is 1.94 bits per heavy atom. The number of morpholine rings is 1. The Bertz CT molecular complexity index is 1070. The van der Waals surface area contributed by atoms with E-state index in [1.165, 1.54) is 6.07 Å². The van der Waals surface area contributed by atoms with Gasteiger partial charge in [-0.15, -0.1) is 0 Å². The number of amides is 1. The first-order chi connectivity index (χ1) is 14.9. The third kappa shape index (κ3) is 4.77. The molecule has 0 bridgehead atoms. The highest BCUT2D eigenvalue weighted by atomic mass is 19.1. The second-order valence-corrected chi connectivity index (χ2v) is 8.06. The Balaban J connectivity index is 1.44. The number of halogens is 1. The van der Waals surface area contributed by atoms with E-state index in [1.807, 2.05) is 49.1 Å². The van der Waals surface area contributed by atoms with Gasteiger partial charge >= 0.3 is 0 Å². The molecule has 2 heterocycles. The van der Waals surface area contributed by atoms with Gasteiger partial charge in [0.15, 0.2) is 0 Å². The van der Waals surface area contributed by atoms with Crippen LogP contribution in [0.15, 0.2) is 54.7 Å². The Morgan fingerprint density at radius 3 is 2.68 bits per heavy atom. The number of fused-ring (bicyclic) bond motifs is 1. The number of ether oxygens (including phenoxy) is 1. The largest absolute Gasteiger partial charge is 0.374 e. The van der Waals surface area contributed by atoms with E-state index >= 15 is 0 Å². The molecule has 4 rings (SSSR count). The average Bonchev–Trinajstić information content (AvgIpc) is 2.73. The van der Waals surface area contributed by atoms with Crippen LogP contribution in [0.4, 0.5) is 21.5 Å². The van der Waals surface area contributed by atoms with Gasteiger partial charge in [0.05, 0.1) is 29.1 Å². The van der Waals surface area contributed by atoms with E-state index in [9.17, 15) is 9.18 Å². The molecular weight excluding hydrogens is 395 g/mol. The van der Waals surface area contributed by atoms with Gasteiger partial charge in [-0.2, -0.15) is 0 Å². The van der Waals surface area contributed by atoms with Crippen molar-refractivity contribution in [1.82, 2.24) is 4.98 Å². The second kappa shape index (κ2) is 8.89. The summed E-state index contributed by atoms with van der Waals surface area (Å²) in [5.74, 6) is -0.532. The maximum absolute atomic E-state index is 14.8. The minimum Gasteiger partial charge on any atom is -0.374 e. The first-order valence-electron chi connectivity index (χ1n) is 10.5. The summed E-state index contributed by atoms with van der Waals surface area (Å²) < 4.78 is 20.6. The maximum Gasteiger partial charge on any atom is 0.246 e. The number of anilines is 3. The fourth-order valence-corrected chi connectivity index (χ4v) is 4.00. The molecule has 1 aliphatic rings. The Labute approximate surface area is 181 Å². The van der Waals surface area contributed by atoms with Crippen molar-refractivity contribution in [2.75, 3.05) is 28.6 Å². The quantitative estimate of drug-likeness (QED) is 0.637. The minimum absolute atomic E-state index is 0.0499. The molecule has 6 nitrogen and oxygen atoms in total. The molecule has 1 saturated heterocycles. The fourth-order valence-electron chi connectivity index (χ4n) is 4.00. The van der Waals surface area contributed by atoms with Gasteiger partial charge < -0.3 is 20.3 Å². The second-order valence-electron chi connectivity index (χ2n) is 8.06. The lowest BCUT2D eigenvalue weighted by Gasteiger charge is -2.37. The van der Waals surface area contributed by atoms with Gasteiger partial charge in [-0.25, -0.2) is 4.39 Å². The summed E-state index contributed by atoms with van der Waals surface area (Å²) in [5, 5.41) is 6.89. The normalized spacial score (nSPS) is 19.8. The summed E-state index contributed by atoms with van der Waals surface area (Å²) >= 11 is 0. The molecule has 0 saturated carbocycles. The number of rotatable bonds is 5. The molecule has 0 spiro atoms. The molecule has 0 aliphatic carbocycles. The van der Waals surface area contributed by atoms with Crippen LogP contribution in [0.2, 0.25) is 0 Å². The van der Waals surface area contributed by atoms with Crippen molar-refractivity contribution in [2.24, 2.45) is 0 Å². The Kier molecular flexibility index (Phi) is 6.04. The number of carbonyl (C=O) groups excluding carboxylic acids is 1. The lowest BCUT2D eigenvalue weighted by Crippen LogP contribution is -2.45. The highest BCUT2D eigenvalue weighted by Crippen LogP contribution is 2.27. The molecule has 7 heteroatoms. The third-order valence-electron chi connectivity index (χ3n) is 5.39. The minimum atomic E-state index is -0.555. The molecule has 1 aromatic heterocycles. The first-order valence-corrected chi connectivity index (χ1v) is 10.5. The molecule has 1 fully saturated rings. The summed E-state index contributed by atoms with van der Waals surface area (Å²) in [6.45, 7) is 7.01. The number of aromatic nitrogens is 1. The van der Waals surface area contributed by atoms with Crippen molar-refractivity contribution in [3.63, 3.8) is 0 Å². The predicted molar refractivity (Wildman–Crippen MR) is 122 cm³/mol. The summed E-state index contributed by atoms with van der Waals surface area (Å²) in [7, 11) is 0. The van der Waals surface area contributed by atoms with Crippen molar-refractivity contribution in [3.8, 4) is 0 Å². The lowest BCUT2D eigenvalue weighted by atomic mass is 10.1. The van der Waals surface area contributed by atoms with E-state index in [0.717, 1.165) is 10.9 Å². The summed E-state index contributed by atoms with van der Waals surface area (Å²) in [5.41, 5.74) is 2.61. The molecule has 0 unspecified atom stereocenters. The van der Waals surface area contributed by atoms with Gasteiger partial charge in [-0.1, -0.05) is 6.07 Å². The van der Waals surface area contributed by atoms with E-state index in [0.29, 0.717) is 30.2 Å². The van der Waals surface area contributed by atoms with Crippen molar-refractivity contribution < 1.29 is 13.9 Å². The van der Waals surface area contributed by atoms with Crippen molar-refractivity contribution >= 4 is 33.9 Å². The number of hydrogen-bond donors (Lipinski definition) is 2. The average molecular weight is 423 g/mol. The fraction of sp³-hybridized carbons (Fsp3) is 0.333. The number of hydrogen-bond acceptors (Lipinski definition) is 5. The van der Waals surface area contributed by atoms with Crippen molar-refractivity contribution in [3.05, 3.63) is 60.5 Å². The lowest BCUT2D eigenvalue weighted by molar-refractivity contribution is -0.116. The van der Waals surface area contributed by atoms with Crippen LogP contribution in [0.5, 0.6) is 0 Å². The van der Waals surface area contributed by atoms with Gasteiger partial charge in [-0.05, 0) is 63.2 Å². The highest BCUT2D eigenvalue weighted by molar-refractivity contribution is 6.03. The van der Waals surface area contributed by atoms with Gasteiger partial charge in [-0.3, -0.25) is 9.78 Å². The third-order valence-corrected chi connectivity index (χ3v) is 5.39. The molecular formula is C24H27FN4O2. The Hall–Kier alpha value is -3.19. The van der Waals surface area contributed by atoms with Crippen LogP contribution in [0, 0.1) is 5.82 Å². The smallest absolute Gasteiger partial charge is 0.246 e. The number of carbonyl (C=O) groups is 1. The van der Waals surface area contributed by atoms with Crippen molar-refractivity contribution in [1.29, 1.82) is 0 Å². The zero-order valence-corrected chi connectivity index (χ0v) is 17.9. The summed E-state index contributed by atoms with van der Waals surface area (Å²) in [4.78, 5) is 19.0. The monoisotopic (exact) mass is 422 g/mol. The molecule has 3 aromatic rings. The SMILES string of the molecule is C[C@@H]1CN(c2ccc(N[C@@H](C)C(=O)Nc3cccc4ncccc34)cc2F)C[C@@H](C)O1. The van der Waals surface area contributed by atoms with Gasteiger partial charge in [0.25, 0.3) is 0 Å². The van der Waals surface area contributed by atoms with Crippen LogP contribution < -0.4 is 15.5 Å². The molecule has 3 atom stereocenters. The molecule has 0 radical (unpaired) electrons. The summed E-state index contributed by atoms with van der Waals surface area (Å²) in [6.07, 6.45) is 1.82. The van der Waals surface area contributed by atoms with E-state index in [-0.39, 0.29) is 23.9 Å². The van der Waals surface area contributed by atoms with Crippen LogP contribution in [-0.4, -0.2) is 42.2 Å². The van der Waals surface area contributed by atoms with E-state index in [1.54, 1.807) is 25.3 Å². The van der Waals surface area contributed by atoms with Gasteiger partial charge in [0.1, 0.15) is 11.9 Å². The van der Waals surface area contributed by atoms with Crippen LogP contribution in [0.1, 0.15) is 20.8 Å². The Morgan fingerprint density at radius 1 is 1.16 bits per heavy atom. The van der Waals surface area contributed by atoms with Crippen LogP contribution in [0.3, 0.4) is 0 Å². The van der Waals surface area contributed by atoms with E-state index in [2.05, 4.69) is 15.6 Å². The maximum atomic E-state index is 14.8. The molecule has 1 amide bonds. The van der Waals surface area contributed by atoms with Gasteiger partial charge in [0, 0.05) is 30.4 Å². The van der Waals surface area contributed by atoms with Crippen LogP contribution in [0.25, 0.3) is 10.9 Å². The first kappa shape index (κ1) is 21.1. The number of pyridine rings is 1. The van der Waals surface area contributed by atoms with Crippen LogP contribution in [-0.2, 0) is 9.53 Å². The zero-order valence-electron chi connectivity index (χ0n) is 17.9. The van der Waals surface area contributed by atoms with E-state index in [4.69, 9.17) is 4.74 Å². The predicted octanol–water partition coefficient (Wildman–Crippen LogP) is 4.43. The molecule has 31 heavy (non-hydrogen) atoms. The topological polar surface area (TPSA) is 66.5 Å². The highest BCUT2D eigenvalue weighted by Gasteiger charge is 2.24. The van der Waals surface area contributed by atoms with E-state index < -0.39 is 6.04 Å². The van der Waals surface area contributed by atoms with Gasteiger partial charge in [0.2, 0.25) is 5.91 Å².